The molecule has 2 heteroatoms. The van der Waals surface area contributed by atoms with Crippen LogP contribution in [0.5, 0.6) is 0 Å². The SMILES string of the molecule is CC(C)CC(P)P. The predicted octanol–water partition coefficient (Wildman–Crippen LogP) is 2.11. The minimum atomic E-state index is 0.708. The second-order valence-electron chi connectivity index (χ2n) is 2.29. The average molecular weight is 136 g/mol. The van der Waals surface area contributed by atoms with Gasteiger partial charge in [0.05, 0.1) is 0 Å². The molecule has 0 aliphatic carbocycles. The van der Waals surface area contributed by atoms with E-state index in [0.29, 0.717) is 5.40 Å². The normalized spacial score (nSPS) is 11.1. The van der Waals surface area contributed by atoms with Gasteiger partial charge in [0, 0.05) is 0 Å². The highest BCUT2D eigenvalue weighted by Crippen LogP contribution is 2.17. The maximum Gasteiger partial charge on any atom is -0.0115 e. The number of rotatable bonds is 2. The van der Waals surface area contributed by atoms with E-state index in [9.17, 15) is 0 Å². The van der Waals surface area contributed by atoms with E-state index in [1.54, 1.807) is 0 Å². The molecule has 0 aromatic carbocycles. The van der Waals surface area contributed by atoms with E-state index in [4.69, 9.17) is 0 Å². The van der Waals surface area contributed by atoms with Gasteiger partial charge < -0.3 is 0 Å². The molecule has 0 radical (unpaired) electrons. The molecule has 44 valence electrons. The zero-order valence-electron chi connectivity index (χ0n) is 5.02. The highest BCUT2D eigenvalue weighted by Gasteiger charge is 1.95. The first-order valence-corrected chi connectivity index (χ1v) is 3.97. The second-order valence-corrected chi connectivity index (χ2v) is 4.78. The molecule has 0 amide bonds. The van der Waals surface area contributed by atoms with E-state index in [2.05, 4.69) is 32.3 Å². The van der Waals surface area contributed by atoms with Gasteiger partial charge in [-0.3, -0.25) is 0 Å². The van der Waals surface area contributed by atoms with Crippen LogP contribution in [-0.2, 0) is 0 Å². The third-order valence-electron chi connectivity index (χ3n) is 0.744. The maximum absolute atomic E-state index is 2.77. The van der Waals surface area contributed by atoms with E-state index in [1.165, 1.54) is 6.42 Å². The van der Waals surface area contributed by atoms with Gasteiger partial charge in [0.1, 0.15) is 0 Å². The van der Waals surface area contributed by atoms with Gasteiger partial charge >= 0.3 is 0 Å². The molecule has 0 aliphatic heterocycles. The van der Waals surface area contributed by atoms with Gasteiger partial charge in [0.2, 0.25) is 0 Å². The van der Waals surface area contributed by atoms with Gasteiger partial charge in [0.15, 0.2) is 0 Å². The van der Waals surface area contributed by atoms with Gasteiger partial charge in [-0.15, -0.1) is 18.5 Å². The zero-order valence-corrected chi connectivity index (χ0v) is 7.33. The number of hydrogen-bond donors (Lipinski definition) is 0. The third kappa shape index (κ3) is 6.86. The Hall–Kier alpha value is 0.860. The van der Waals surface area contributed by atoms with E-state index in [0.717, 1.165) is 5.92 Å². The van der Waals surface area contributed by atoms with Crippen molar-refractivity contribution in [3.05, 3.63) is 0 Å². The van der Waals surface area contributed by atoms with Crippen molar-refractivity contribution in [1.29, 1.82) is 0 Å². The molecule has 0 fully saturated rings. The van der Waals surface area contributed by atoms with Crippen molar-refractivity contribution < 1.29 is 0 Å². The van der Waals surface area contributed by atoms with Crippen LogP contribution in [0, 0.1) is 5.92 Å². The molecule has 0 heterocycles. The quantitative estimate of drug-likeness (QED) is 0.510. The van der Waals surface area contributed by atoms with Crippen molar-refractivity contribution in [2.24, 2.45) is 5.92 Å². The summed E-state index contributed by atoms with van der Waals surface area (Å²) in [5.41, 5.74) is 0. The molecule has 0 saturated carbocycles. The first-order chi connectivity index (χ1) is 3.13. The highest BCUT2D eigenvalue weighted by atomic mass is 31.1. The van der Waals surface area contributed by atoms with Crippen LogP contribution in [0.3, 0.4) is 0 Å². The Morgan fingerprint density at radius 2 is 1.71 bits per heavy atom. The summed E-state index contributed by atoms with van der Waals surface area (Å²) in [7, 11) is 5.53. The predicted molar refractivity (Wildman–Crippen MR) is 42.7 cm³/mol. The highest BCUT2D eigenvalue weighted by molar-refractivity contribution is 7.37. The van der Waals surface area contributed by atoms with Crippen LogP contribution in [0.1, 0.15) is 20.3 Å². The lowest BCUT2D eigenvalue weighted by molar-refractivity contribution is 0.619. The van der Waals surface area contributed by atoms with Crippen LogP contribution in [0.4, 0.5) is 0 Å². The lowest BCUT2D eigenvalue weighted by Crippen LogP contribution is -1.92. The minimum Gasteiger partial charge on any atom is -0.130 e. The Morgan fingerprint density at radius 3 is 1.71 bits per heavy atom. The molecule has 0 saturated heterocycles. The van der Waals surface area contributed by atoms with Crippen LogP contribution in [0.15, 0.2) is 0 Å². The summed E-state index contributed by atoms with van der Waals surface area (Å²) in [5.74, 6) is 0.833. The van der Waals surface area contributed by atoms with Crippen molar-refractivity contribution in [3.8, 4) is 0 Å². The standard InChI is InChI=1S/C5H14P2/c1-4(2)3-5(6)7/h4-5H,3,6-7H2,1-2H3. The smallest absolute Gasteiger partial charge is 0.0115 e. The zero-order chi connectivity index (χ0) is 5.86. The van der Waals surface area contributed by atoms with Crippen molar-refractivity contribution in [2.45, 2.75) is 25.7 Å². The van der Waals surface area contributed by atoms with E-state index in [-0.39, 0.29) is 0 Å². The lowest BCUT2D eigenvalue weighted by Gasteiger charge is -2.05. The summed E-state index contributed by atoms with van der Waals surface area (Å²) in [6.07, 6.45) is 1.29. The molecule has 2 unspecified atom stereocenters. The molecule has 0 bridgehead atoms. The first-order valence-electron chi connectivity index (χ1n) is 2.64. The lowest BCUT2D eigenvalue weighted by atomic mass is 10.2. The fourth-order valence-corrected chi connectivity index (χ4v) is 1.63. The summed E-state index contributed by atoms with van der Waals surface area (Å²) in [6, 6.07) is 0. The fourth-order valence-electron chi connectivity index (χ4n) is 0.544. The Bertz CT molecular complexity index is 35.3. The largest absolute Gasteiger partial charge is 0.130 e. The van der Waals surface area contributed by atoms with Crippen LogP contribution < -0.4 is 0 Å². The van der Waals surface area contributed by atoms with Crippen molar-refractivity contribution in [2.75, 3.05) is 0 Å². The summed E-state index contributed by atoms with van der Waals surface area (Å²) in [4.78, 5) is 0. The summed E-state index contributed by atoms with van der Waals surface area (Å²) < 4.78 is 0. The summed E-state index contributed by atoms with van der Waals surface area (Å²) in [5, 5.41) is 0.708. The van der Waals surface area contributed by atoms with Gasteiger partial charge in [-0.05, 0) is 17.7 Å². The Labute approximate surface area is 50.9 Å². The summed E-state index contributed by atoms with van der Waals surface area (Å²) >= 11 is 0. The van der Waals surface area contributed by atoms with Gasteiger partial charge in [0.25, 0.3) is 0 Å². The average Bonchev–Trinajstić information content (AvgIpc) is 1.27. The molecule has 0 aliphatic rings. The molecule has 0 aromatic rings. The molecular formula is C5H14P2. The molecule has 0 rings (SSSR count). The van der Waals surface area contributed by atoms with Crippen LogP contribution in [0.2, 0.25) is 0 Å². The summed E-state index contributed by atoms with van der Waals surface area (Å²) in [6.45, 7) is 4.47. The minimum absolute atomic E-state index is 0.708. The van der Waals surface area contributed by atoms with Crippen molar-refractivity contribution >= 4 is 18.5 Å². The third-order valence-corrected chi connectivity index (χ3v) is 1.29. The first kappa shape index (κ1) is 7.86. The molecule has 2 atom stereocenters. The van der Waals surface area contributed by atoms with Gasteiger partial charge in [-0.1, -0.05) is 13.8 Å². The Kier molecular flexibility index (Phi) is 4.28. The maximum atomic E-state index is 2.77. The van der Waals surface area contributed by atoms with E-state index >= 15 is 0 Å². The van der Waals surface area contributed by atoms with Crippen molar-refractivity contribution in [3.63, 3.8) is 0 Å². The molecule has 0 N–H and O–H groups in total. The van der Waals surface area contributed by atoms with E-state index < -0.39 is 0 Å². The van der Waals surface area contributed by atoms with Gasteiger partial charge in [-0.2, -0.15) is 0 Å². The van der Waals surface area contributed by atoms with E-state index in [1.807, 2.05) is 0 Å². The van der Waals surface area contributed by atoms with Crippen LogP contribution in [-0.4, -0.2) is 5.40 Å². The monoisotopic (exact) mass is 136 g/mol. The van der Waals surface area contributed by atoms with Gasteiger partial charge in [-0.25, -0.2) is 0 Å². The van der Waals surface area contributed by atoms with Crippen LogP contribution in [0.25, 0.3) is 0 Å². The Morgan fingerprint density at radius 1 is 1.29 bits per heavy atom. The van der Waals surface area contributed by atoms with Crippen LogP contribution >= 0.6 is 18.5 Å². The number of hydrogen-bond acceptors (Lipinski definition) is 0. The van der Waals surface area contributed by atoms with Crippen molar-refractivity contribution in [1.82, 2.24) is 0 Å². The Balaban J connectivity index is 2.95. The molecular weight excluding hydrogens is 122 g/mol. The molecule has 0 spiro atoms. The second kappa shape index (κ2) is 3.81. The topological polar surface area (TPSA) is 0 Å². The fraction of sp³-hybridized carbons (Fsp3) is 1.00. The molecule has 0 aromatic heterocycles. The molecule has 7 heavy (non-hydrogen) atoms. The molecule has 0 nitrogen and oxygen atoms in total.